The van der Waals surface area contributed by atoms with Crippen LogP contribution in [-0.2, 0) is 19.9 Å². The highest BCUT2D eigenvalue weighted by molar-refractivity contribution is 8.01. The lowest BCUT2D eigenvalue weighted by atomic mass is 10.6. The standard InChI is InChI=1S/C8H17NO4S3/c1-7(2)16(12,13)9-4-5-14-6-8(9)15(3,10)11/h7-8H,4-6H2,1-3H3. The molecule has 1 atom stereocenters. The zero-order valence-corrected chi connectivity index (χ0v) is 12.0. The van der Waals surface area contributed by atoms with Gasteiger partial charge in [0.05, 0.1) is 5.25 Å². The van der Waals surface area contributed by atoms with Crippen LogP contribution in [0.4, 0.5) is 0 Å². The van der Waals surface area contributed by atoms with E-state index >= 15 is 0 Å². The van der Waals surface area contributed by atoms with E-state index in [1.165, 1.54) is 11.8 Å². The molecule has 0 radical (unpaired) electrons. The Morgan fingerprint density at radius 1 is 1.25 bits per heavy atom. The summed E-state index contributed by atoms with van der Waals surface area (Å²) < 4.78 is 48.2. The third kappa shape index (κ3) is 2.91. The van der Waals surface area contributed by atoms with Crippen LogP contribution in [0.3, 0.4) is 0 Å². The molecule has 0 aromatic heterocycles. The van der Waals surface area contributed by atoms with Gasteiger partial charge in [0, 0.05) is 24.3 Å². The van der Waals surface area contributed by atoms with E-state index in [-0.39, 0.29) is 6.54 Å². The topological polar surface area (TPSA) is 71.5 Å². The molecule has 1 rings (SSSR count). The summed E-state index contributed by atoms with van der Waals surface area (Å²) in [5, 5.41) is -1.49. The highest BCUT2D eigenvalue weighted by Crippen LogP contribution is 2.24. The van der Waals surface area contributed by atoms with Gasteiger partial charge in [-0.2, -0.15) is 16.1 Å². The summed E-state index contributed by atoms with van der Waals surface area (Å²) in [6.07, 6.45) is 1.09. The van der Waals surface area contributed by atoms with E-state index in [1.807, 2.05) is 0 Å². The number of thioether (sulfide) groups is 1. The van der Waals surface area contributed by atoms with Crippen LogP contribution >= 0.6 is 11.8 Å². The second kappa shape index (κ2) is 4.83. The zero-order valence-electron chi connectivity index (χ0n) is 9.58. The summed E-state index contributed by atoms with van der Waals surface area (Å²) in [7, 11) is -6.86. The van der Waals surface area contributed by atoms with Gasteiger partial charge in [-0.25, -0.2) is 16.8 Å². The van der Waals surface area contributed by atoms with Gasteiger partial charge < -0.3 is 0 Å². The third-order valence-corrected chi connectivity index (χ3v) is 7.51. The Morgan fingerprint density at radius 2 is 1.81 bits per heavy atom. The van der Waals surface area contributed by atoms with Crippen molar-refractivity contribution in [1.82, 2.24) is 4.31 Å². The fourth-order valence-corrected chi connectivity index (χ4v) is 6.48. The van der Waals surface area contributed by atoms with Gasteiger partial charge >= 0.3 is 0 Å². The molecular formula is C8H17NO4S3. The lowest BCUT2D eigenvalue weighted by Gasteiger charge is -2.34. The molecule has 0 aromatic rings. The molecule has 1 aliphatic rings. The molecule has 5 nitrogen and oxygen atoms in total. The summed E-state index contributed by atoms with van der Waals surface area (Å²) >= 11 is 1.48. The van der Waals surface area contributed by atoms with Crippen LogP contribution in [0.25, 0.3) is 0 Å². The number of nitrogens with zero attached hydrogens (tertiary/aromatic N) is 1. The molecule has 1 aliphatic heterocycles. The van der Waals surface area contributed by atoms with E-state index in [4.69, 9.17) is 0 Å². The molecule has 16 heavy (non-hydrogen) atoms. The zero-order chi connectivity index (χ0) is 12.6. The molecule has 1 heterocycles. The monoisotopic (exact) mass is 287 g/mol. The Balaban J connectivity index is 3.10. The predicted molar refractivity (Wildman–Crippen MR) is 66.7 cm³/mol. The molecule has 1 fully saturated rings. The number of rotatable bonds is 3. The van der Waals surface area contributed by atoms with E-state index in [0.29, 0.717) is 11.5 Å². The summed E-state index contributed by atoms with van der Waals surface area (Å²) in [6, 6.07) is 0. The lowest BCUT2D eigenvalue weighted by Crippen LogP contribution is -2.51. The minimum Gasteiger partial charge on any atom is -0.227 e. The van der Waals surface area contributed by atoms with E-state index in [2.05, 4.69) is 0 Å². The van der Waals surface area contributed by atoms with Crippen molar-refractivity contribution in [3.63, 3.8) is 0 Å². The maximum Gasteiger partial charge on any atom is 0.217 e. The summed E-state index contributed by atoms with van der Waals surface area (Å²) in [5.74, 6) is 0.975. The first-order valence-corrected chi connectivity index (χ1v) is 9.56. The molecule has 0 amide bonds. The van der Waals surface area contributed by atoms with Crippen molar-refractivity contribution in [3.8, 4) is 0 Å². The highest BCUT2D eigenvalue weighted by atomic mass is 32.2. The van der Waals surface area contributed by atoms with Crippen molar-refractivity contribution in [3.05, 3.63) is 0 Å². The van der Waals surface area contributed by atoms with Crippen LogP contribution in [0.5, 0.6) is 0 Å². The van der Waals surface area contributed by atoms with Crippen molar-refractivity contribution < 1.29 is 16.8 Å². The molecule has 0 spiro atoms. The number of hydrogen-bond donors (Lipinski definition) is 0. The van der Waals surface area contributed by atoms with Crippen molar-refractivity contribution in [2.75, 3.05) is 24.3 Å². The van der Waals surface area contributed by atoms with Gasteiger partial charge in [-0.3, -0.25) is 0 Å². The van der Waals surface area contributed by atoms with Gasteiger partial charge in [0.25, 0.3) is 0 Å². The average Bonchev–Trinajstić information content (AvgIpc) is 2.16. The maximum atomic E-state index is 12.0. The lowest BCUT2D eigenvalue weighted by molar-refractivity contribution is 0.400. The summed E-state index contributed by atoms with van der Waals surface area (Å²) in [4.78, 5) is 0. The first-order valence-electron chi connectivity index (χ1n) is 4.94. The van der Waals surface area contributed by atoms with E-state index in [9.17, 15) is 16.8 Å². The number of sulfonamides is 1. The van der Waals surface area contributed by atoms with Crippen molar-refractivity contribution in [2.24, 2.45) is 0 Å². The van der Waals surface area contributed by atoms with Crippen LogP contribution in [0.2, 0.25) is 0 Å². The summed E-state index contributed by atoms with van der Waals surface area (Å²) in [6.45, 7) is 3.41. The van der Waals surface area contributed by atoms with Crippen LogP contribution in [-0.4, -0.2) is 56.1 Å². The fraction of sp³-hybridized carbons (Fsp3) is 1.00. The molecule has 0 bridgehead atoms. The Labute approximate surface area is 102 Å². The number of hydrogen-bond acceptors (Lipinski definition) is 5. The quantitative estimate of drug-likeness (QED) is 0.738. The van der Waals surface area contributed by atoms with Gasteiger partial charge in [-0.15, -0.1) is 0 Å². The Hall–Kier alpha value is 0.210. The molecule has 1 unspecified atom stereocenters. The second-order valence-electron chi connectivity index (χ2n) is 4.06. The smallest absolute Gasteiger partial charge is 0.217 e. The Morgan fingerprint density at radius 3 is 2.25 bits per heavy atom. The average molecular weight is 287 g/mol. The molecule has 96 valence electrons. The molecule has 0 N–H and O–H groups in total. The van der Waals surface area contributed by atoms with Gasteiger partial charge in [0.15, 0.2) is 9.84 Å². The predicted octanol–water partition coefficient (Wildman–Crippen LogP) is 0.144. The third-order valence-electron chi connectivity index (χ3n) is 2.45. The maximum absolute atomic E-state index is 12.0. The molecule has 0 aliphatic carbocycles. The van der Waals surface area contributed by atoms with Crippen molar-refractivity contribution in [2.45, 2.75) is 24.5 Å². The van der Waals surface area contributed by atoms with Gasteiger partial charge in [0.2, 0.25) is 10.0 Å². The molecular weight excluding hydrogens is 270 g/mol. The van der Waals surface area contributed by atoms with Crippen molar-refractivity contribution >= 4 is 31.6 Å². The van der Waals surface area contributed by atoms with E-state index in [0.717, 1.165) is 10.6 Å². The minimum absolute atomic E-state index is 0.281. The molecule has 1 saturated heterocycles. The molecule has 8 heteroatoms. The van der Waals surface area contributed by atoms with E-state index in [1.54, 1.807) is 13.8 Å². The molecule has 0 aromatic carbocycles. The van der Waals surface area contributed by atoms with Gasteiger partial charge in [0.1, 0.15) is 5.37 Å². The minimum atomic E-state index is -3.49. The normalized spacial score (nSPS) is 24.9. The van der Waals surface area contributed by atoms with E-state index < -0.39 is 30.5 Å². The second-order valence-corrected chi connectivity index (χ2v) is 9.86. The Bertz CT molecular complexity index is 440. The highest BCUT2D eigenvalue weighted by Gasteiger charge is 2.39. The van der Waals surface area contributed by atoms with Crippen LogP contribution in [0.1, 0.15) is 13.8 Å². The SMILES string of the molecule is CC(C)S(=O)(=O)N1CCSCC1S(C)(=O)=O. The largest absolute Gasteiger partial charge is 0.227 e. The van der Waals surface area contributed by atoms with Crippen LogP contribution in [0.15, 0.2) is 0 Å². The van der Waals surface area contributed by atoms with Crippen LogP contribution < -0.4 is 0 Å². The van der Waals surface area contributed by atoms with Crippen molar-refractivity contribution in [1.29, 1.82) is 0 Å². The van der Waals surface area contributed by atoms with Crippen LogP contribution in [0, 0.1) is 0 Å². The van der Waals surface area contributed by atoms with Gasteiger partial charge in [-0.05, 0) is 13.8 Å². The molecule has 0 saturated carbocycles. The first-order chi connectivity index (χ1) is 7.17. The van der Waals surface area contributed by atoms with Gasteiger partial charge in [-0.1, -0.05) is 0 Å². The summed E-state index contributed by atoms with van der Waals surface area (Å²) in [5.41, 5.74) is 0. The first kappa shape index (κ1) is 14.3. The fourth-order valence-electron chi connectivity index (χ4n) is 1.46. The Kier molecular flexibility index (Phi) is 4.31. The number of sulfone groups is 1.